The van der Waals surface area contributed by atoms with Crippen LogP contribution in [-0.2, 0) is 14.6 Å². The Hall–Kier alpha value is -1.56. The molecule has 0 bridgehead atoms. The van der Waals surface area contributed by atoms with E-state index in [4.69, 9.17) is 9.84 Å². The third kappa shape index (κ3) is 2.73. The number of aryl methyl sites for hydroxylation is 1. The minimum Gasteiger partial charge on any atom is -0.496 e. The lowest BCUT2D eigenvalue weighted by atomic mass is 10.2. The van der Waals surface area contributed by atoms with Crippen LogP contribution in [-0.4, -0.2) is 32.4 Å². The van der Waals surface area contributed by atoms with Gasteiger partial charge in [-0.1, -0.05) is 0 Å². The summed E-state index contributed by atoms with van der Waals surface area (Å²) in [5, 5.41) is 8.48. The average Bonchev–Trinajstić information content (AvgIpc) is 2.15. The van der Waals surface area contributed by atoms with Crippen molar-refractivity contribution in [1.82, 2.24) is 0 Å². The minimum absolute atomic E-state index is 0.00630. The molecule has 0 radical (unpaired) electrons. The Morgan fingerprint density at radius 2 is 2.06 bits per heavy atom. The summed E-state index contributed by atoms with van der Waals surface area (Å²) in [7, 11) is -2.28. The molecule has 0 atom stereocenters. The third-order valence-electron chi connectivity index (χ3n) is 2.04. The first-order chi connectivity index (χ1) is 7.36. The molecule has 1 aromatic rings. The van der Waals surface area contributed by atoms with Crippen molar-refractivity contribution < 1.29 is 23.1 Å². The van der Waals surface area contributed by atoms with Crippen molar-refractivity contribution in [1.29, 1.82) is 0 Å². The number of carboxylic acid groups (broad SMARTS) is 1. The van der Waals surface area contributed by atoms with E-state index in [1.54, 1.807) is 6.92 Å². The van der Waals surface area contributed by atoms with Crippen molar-refractivity contribution in [2.24, 2.45) is 0 Å². The fourth-order valence-corrected chi connectivity index (χ4v) is 2.41. The quantitative estimate of drug-likeness (QED) is 0.849. The molecule has 0 aromatic heterocycles. The summed E-state index contributed by atoms with van der Waals surface area (Å²) in [6.45, 7) is 1.69. The molecule has 0 amide bonds. The Kier molecular flexibility index (Phi) is 3.54. The third-order valence-corrected chi connectivity index (χ3v) is 3.64. The zero-order valence-corrected chi connectivity index (χ0v) is 9.74. The summed E-state index contributed by atoms with van der Waals surface area (Å²) in [5.74, 6) is -1.71. The Morgan fingerprint density at radius 1 is 1.44 bits per heavy atom. The van der Waals surface area contributed by atoms with E-state index in [-0.39, 0.29) is 4.90 Å². The van der Waals surface area contributed by atoms with E-state index in [0.717, 1.165) is 0 Å². The van der Waals surface area contributed by atoms with Gasteiger partial charge in [0.2, 0.25) is 0 Å². The second-order valence-electron chi connectivity index (χ2n) is 3.28. The lowest BCUT2D eigenvalue weighted by Crippen LogP contribution is -2.15. The van der Waals surface area contributed by atoms with Gasteiger partial charge in [0, 0.05) is 0 Å². The van der Waals surface area contributed by atoms with Crippen LogP contribution in [0.5, 0.6) is 5.75 Å². The van der Waals surface area contributed by atoms with Crippen molar-refractivity contribution in [2.45, 2.75) is 11.8 Å². The zero-order valence-electron chi connectivity index (χ0n) is 8.93. The van der Waals surface area contributed by atoms with Gasteiger partial charge in [0.1, 0.15) is 5.75 Å². The molecule has 0 spiro atoms. The van der Waals surface area contributed by atoms with Crippen molar-refractivity contribution >= 4 is 15.8 Å². The first kappa shape index (κ1) is 12.5. The highest BCUT2D eigenvalue weighted by atomic mass is 32.2. The number of carbonyl (C=O) groups is 1. The molecular formula is C10H12O5S. The molecule has 1 aromatic carbocycles. The molecule has 5 nitrogen and oxygen atoms in total. The van der Waals surface area contributed by atoms with E-state index in [9.17, 15) is 13.2 Å². The van der Waals surface area contributed by atoms with Gasteiger partial charge in [0.15, 0.2) is 15.6 Å². The molecule has 6 heteroatoms. The van der Waals surface area contributed by atoms with Crippen LogP contribution in [0.4, 0.5) is 0 Å². The van der Waals surface area contributed by atoms with Crippen LogP contribution in [0.25, 0.3) is 0 Å². The van der Waals surface area contributed by atoms with Gasteiger partial charge >= 0.3 is 5.97 Å². The smallest absolute Gasteiger partial charge is 0.319 e. The van der Waals surface area contributed by atoms with Gasteiger partial charge in [0.05, 0.1) is 12.0 Å². The number of benzene rings is 1. The molecule has 1 rings (SSSR count). The van der Waals surface area contributed by atoms with Crippen LogP contribution in [0.3, 0.4) is 0 Å². The van der Waals surface area contributed by atoms with E-state index in [2.05, 4.69) is 0 Å². The summed E-state index contributed by atoms with van der Waals surface area (Å²) in [6, 6.07) is 4.24. The second kappa shape index (κ2) is 4.52. The summed E-state index contributed by atoms with van der Waals surface area (Å²) < 4.78 is 28.1. The number of hydrogen-bond acceptors (Lipinski definition) is 4. The first-order valence-electron chi connectivity index (χ1n) is 4.46. The summed E-state index contributed by atoms with van der Waals surface area (Å²) in [6.07, 6.45) is 0. The van der Waals surface area contributed by atoms with E-state index in [1.807, 2.05) is 0 Å². The van der Waals surface area contributed by atoms with Crippen LogP contribution < -0.4 is 4.74 Å². The van der Waals surface area contributed by atoms with Crippen LogP contribution in [0.1, 0.15) is 5.56 Å². The van der Waals surface area contributed by atoms with E-state index < -0.39 is 21.6 Å². The van der Waals surface area contributed by atoms with Gasteiger partial charge < -0.3 is 9.84 Å². The maximum atomic E-state index is 11.6. The molecule has 0 aliphatic carbocycles. The number of rotatable bonds is 4. The molecule has 0 fully saturated rings. The fourth-order valence-electron chi connectivity index (χ4n) is 1.29. The Labute approximate surface area is 93.6 Å². The molecule has 0 saturated carbocycles. The van der Waals surface area contributed by atoms with Crippen LogP contribution in [0, 0.1) is 6.92 Å². The van der Waals surface area contributed by atoms with Gasteiger partial charge in [-0.15, -0.1) is 0 Å². The zero-order chi connectivity index (χ0) is 12.3. The van der Waals surface area contributed by atoms with E-state index in [0.29, 0.717) is 11.3 Å². The van der Waals surface area contributed by atoms with Gasteiger partial charge in [-0.2, -0.15) is 0 Å². The minimum atomic E-state index is -3.76. The highest BCUT2D eigenvalue weighted by molar-refractivity contribution is 7.92. The summed E-state index contributed by atoms with van der Waals surface area (Å²) >= 11 is 0. The molecule has 0 heterocycles. The topological polar surface area (TPSA) is 80.7 Å². The molecule has 0 aliphatic rings. The van der Waals surface area contributed by atoms with Gasteiger partial charge in [-0.25, -0.2) is 8.42 Å². The molecule has 1 N–H and O–H groups in total. The number of aliphatic carboxylic acids is 1. The summed E-state index contributed by atoms with van der Waals surface area (Å²) in [4.78, 5) is 10.4. The van der Waals surface area contributed by atoms with Crippen LogP contribution in [0.2, 0.25) is 0 Å². The van der Waals surface area contributed by atoms with Crippen LogP contribution in [0.15, 0.2) is 23.1 Å². The largest absolute Gasteiger partial charge is 0.496 e. The fraction of sp³-hybridized carbons (Fsp3) is 0.300. The molecule has 0 aliphatic heterocycles. The van der Waals surface area contributed by atoms with Crippen molar-refractivity contribution in [3.8, 4) is 5.75 Å². The maximum absolute atomic E-state index is 11.6. The van der Waals surface area contributed by atoms with E-state index >= 15 is 0 Å². The highest BCUT2D eigenvalue weighted by Crippen LogP contribution is 2.21. The van der Waals surface area contributed by atoms with Crippen LogP contribution >= 0.6 is 0 Å². The van der Waals surface area contributed by atoms with Crippen molar-refractivity contribution in [3.05, 3.63) is 23.8 Å². The summed E-state index contributed by atoms with van der Waals surface area (Å²) in [5.41, 5.74) is 0.647. The lowest BCUT2D eigenvalue weighted by molar-refractivity contribution is -0.134. The normalized spacial score (nSPS) is 11.1. The van der Waals surface area contributed by atoms with Crippen molar-refractivity contribution in [2.75, 3.05) is 12.9 Å². The van der Waals surface area contributed by atoms with Gasteiger partial charge in [-0.05, 0) is 30.7 Å². The Morgan fingerprint density at radius 3 is 2.50 bits per heavy atom. The number of sulfone groups is 1. The monoisotopic (exact) mass is 244 g/mol. The number of carboxylic acids is 1. The highest BCUT2D eigenvalue weighted by Gasteiger charge is 2.19. The molecule has 88 valence electrons. The van der Waals surface area contributed by atoms with E-state index in [1.165, 1.54) is 25.3 Å². The molecule has 16 heavy (non-hydrogen) atoms. The van der Waals surface area contributed by atoms with Crippen molar-refractivity contribution in [3.63, 3.8) is 0 Å². The number of hydrogen-bond donors (Lipinski definition) is 1. The molecular weight excluding hydrogens is 232 g/mol. The number of methoxy groups -OCH3 is 1. The molecule has 0 unspecified atom stereocenters. The lowest BCUT2D eigenvalue weighted by Gasteiger charge is -2.07. The number of ether oxygens (including phenoxy) is 1. The maximum Gasteiger partial charge on any atom is 0.319 e. The first-order valence-corrected chi connectivity index (χ1v) is 6.11. The standard InChI is InChI=1S/C10H12O5S/c1-7-5-8(3-4-9(7)15-2)16(13,14)6-10(11)12/h3-5H,6H2,1-2H3,(H,11,12). The van der Waals surface area contributed by atoms with Gasteiger partial charge in [-0.3, -0.25) is 4.79 Å². The Balaban J connectivity index is 3.15. The predicted octanol–water partition coefficient (Wildman–Crippen LogP) is 0.862. The Bertz CT molecular complexity index is 504. The molecule has 0 saturated heterocycles. The average molecular weight is 244 g/mol. The SMILES string of the molecule is COc1ccc(S(=O)(=O)CC(=O)O)cc1C. The second-order valence-corrected chi connectivity index (χ2v) is 5.27. The predicted molar refractivity (Wildman–Crippen MR) is 57.4 cm³/mol. The van der Waals surface area contributed by atoms with Gasteiger partial charge in [0.25, 0.3) is 0 Å².